The smallest absolute Gasteiger partial charge is 0.105 e. The zero-order valence-electron chi connectivity index (χ0n) is 6.59. The molecule has 60 valence electrons. The molecule has 0 radical (unpaired) electrons. The molecule has 3 heteroatoms. The molecular formula is C7H15NO2. The summed E-state index contributed by atoms with van der Waals surface area (Å²) in [4.78, 5) is 5.23. The van der Waals surface area contributed by atoms with E-state index in [4.69, 9.17) is 9.57 Å². The Morgan fingerprint density at radius 3 is 2.60 bits per heavy atom. The topological polar surface area (TPSA) is 30.5 Å². The van der Waals surface area contributed by atoms with E-state index in [2.05, 4.69) is 5.48 Å². The van der Waals surface area contributed by atoms with Crippen molar-refractivity contribution >= 4 is 0 Å². The molecule has 0 spiro atoms. The van der Waals surface area contributed by atoms with Crippen LogP contribution < -0.4 is 5.48 Å². The molecule has 0 aromatic heterocycles. The van der Waals surface area contributed by atoms with E-state index < -0.39 is 0 Å². The Morgan fingerprint density at radius 2 is 2.00 bits per heavy atom. The molecular weight excluding hydrogens is 130 g/mol. The van der Waals surface area contributed by atoms with Gasteiger partial charge in [0.2, 0.25) is 0 Å². The van der Waals surface area contributed by atoms with E-state index >= 15 is 0 Å². The number of ether oxygens (including phenoxy) is 1. The van der Waals surface area contributed by atoms with E-state index in [1.54, 1.807) is 14.2 Å². The van der Waals surface area contributed by atoms with Crippen LogP contribution in [0.3, 0.4) is 0 Å². The fraction of sp³-hybridized carbons (Fsp3) is 1.00. The zero-order valence-corrected chi connectivity index (χ0v) is 6.59. The lowest BCUT2D eigenvalue weighted by atomic mass is 10.3. The van der Waals surface area contributed by atoms with Gasteiger partial charge in [0, 0.05) is 14.2 Å². The highest BCUT2D eigenvalue weighted by molar-refractivity contribution is 4.77. The maximum atomic E-state index is 5.23. The van der Waals surface area contributed by atoms with Crippen LogP contribution in [0.2, 0.25) is 0 Å². The van der Waals surface area contributed by atoms with Crippen molar-refractivity contribution in [2.75, 3.05) is 14.2 Å². The molecule has 10 heavy (non-hydrogen) atoms. The summed E-state index contributed by atoms with van der Waals surface area (Å²) in [5.74, 6) is 0. The summed E-state index contributed by atoms with van der Waals surface area (Å²) in [6, 6.07) is 0. The van der Waals surface area contributed by atoms with Gasteiger partial charge in [-0.3, -0.25) is 4.84 Å². The highest BCUT2D eigenvalue weighted by Crippen LogP contribution is 2.23. The van der Waals surface area contributed by atoms with Crippen molar-refractivity contribution in [3.05, 3.63) is 0 Å². The van der Waals surface area contributed by atoms with Gasteiger partial charge in [0.25, 0.3) is 0 Å². The monoisotopic (exact) mass is 145 g/mol. The molecule has 1 rings (SSSR count). The number of hydroxylamine groups is 1. The molecule has 0 aliphatic heterocycles. The van der Waals surface area contributed by atoms with E-state index in [0.717, 1.165) is 12.8 Å². The van der Waals surface area contributed by atoms with Crippen LogP contribution in [-0.2, 0) is 9.57 Å². The number of nitrogens with one attached hydrogen (secondary N) is 1. The van der Waals surface area contributed by atoms with E-state index in [0.29, 0.717) is 6.10 Å². The fourth-order valence-electron chi connectivity index (χ4n) is 1.45. The quantitative estimate of drug-likeness (QED) is 0.593. The number of rotatable bonds is 3. The van der Waals surface area contributed by atoms with Gasteiger partial charge in [-0.25, -0.2) is 5.48 Å². The third-order valence-corrected chi connectivity index (χ3v) is 1.96. The Hall–Kier alpha value is -0.120. The van der Waals surface area contributed by atoms with Crippen LogP contribution in [0.4, 0.5) is 0 Å². The Morgan fingerprint density at radius 1 is 1.30 bits per heavy atom. The van der Waals surface area contributed by atoms with Gasteiger partial charge >= 0.3 is 0 Å². The van der Waals surface area contributed by atoms with Crippen LogP contribution in [-0.4, -0.2) is 26.4 Å². The first kappa shape index (κ1) is 7.98. The van der Waals surface area contributed by atoms with Gasteiger partial charge in [-0.2, -0.15) is 0 Å². The maximum Gasteiger partial charge on any atom is 0.105 e. The van der Waals surface area contributed by atoms with E-state index in [1.807, 2.05) is 0 Å². The summed E-state index contributed by atoms with van der Waals surface area (Å²) >= 11 is 0. The van der Waals surface area contributed by atoms with Gasteiger partial charge in [-0.15, -0.1) is 0 Å². The molecule has 1 fully saturated rings. The summed E-state index contributed by atoms with van der Waals surface area (Å²) in [6.07, 6.45) is 4.01. The predicted octanol–water partition coefficient (Wildman–Crippen LogP) is 0.705. The summed E-state index contributed by atoms with van der Waals surface area (Å²) in [6.45, 7) is 0. The van der Waals surface area contributed by atoms with Gasteiger partial charge in [-0.05, 0) is 19.3 Å². The minimum absolute atomic E-state index is 0.259. The Kier molecular flexibility index (Phi) is 3.12. The highest BCUT2D eigenvalue weighted by atomic mass is 16.7. The SMILES string of the molecule is CNO[C@@H]1CCC[C@H]1OC. The predicted molar refractivity (Wildman–Crippen MR) is 38.6 cm³/mol. The van der Waals surface area contributed by atoms with Crippen molar-refractivity contribution < 1.29 is 9.57 Å². The van der Waals surface area contributed by atoms with Crippen LogP contribution in [0, 0.1) is 0 Å². The minimum atomic E-state index is 0.259. The number of methoxy groups -OCH3 is 1. The third kappa shape index (κ3) is 1.68. The maximum absolute atomic E-state index is 5.23. The lowest BCUT2D eigenvalue weighted by molar-refractivity contribution is -0.0765. The first-order valence-electron chi connectivity index (χ1n) is 3.73. The average Bonchev–Trinajstić information content (AvgIpc) is 2.36. The summed E-state index contributed by atoms with van der Waals surface area (Å²) in [5.41, 5.74) is 2.69. The summed E-state index contributed by atoms with van der Waals surface area (Å²) in [7, 11) is 3.52. The Labute approximate surface area is 61.7 Å². The lowest BCUT2D eigenvalue weighted by Crippen LogP contribution is -2.29. The zero-order chi connectivity index (χ0) is 7.40. The molecule has 1 aliphatic carbocycles. The first-order chi connectivity index (χ1) is 4.88. The van der Waals surface area contributed by atoms with Crippen molar-refractivity contribution in [3.8, 4) is 0 Å². The van der Waals surface area contributed by atoms with Crippen molar-refractivity contribution in [3.63, 3.8) is 0 Å². The van der Waals surface area contributed by atoms with Gasteiger partial charge < -0.3 is 4.74 Å². The fourth-order valence-corrected chi connectivity index (χ4v) is 1.45. The normalized spacial score (nSPS) is 33.0. The molecule has 0 unspecified atom stereocenters. The average molecular weight is 145 g/mol. The van der Waals surface area contributed by atoms with Crippen LogP contribution in [0.1, 0.15) is 19.3 Å². The lowest BCUT2D eigenvalue weighted by Gasteiger charge is -2.16. The number of hydrogen-bond donors (Lipinski definition) is 1. The summed E-state index contributed by atoms with van der Waals surface area (Å²) in [5, 5.41) is 0. The van der Waals surface area contributed by atoms with Gasteiger partial charge in [-0.1, -0.05) is 0 Å². The second-order valence-corrected chi connectivity index (χ2v) is 2.57. The molecule has 0 saturated heterocycles. The minimum Gasteiger partial charge on any atom is -0.379 e. The van der Waals surface area contributed by atoms with Crippen LogP contribution >= 0.6 is 0 Å². The second-order valence-electron chi connectivity index (χ2n) is 2.57. The van der Waals surface area contributed by atoms with Crippen LogP contribution in [0.5, 0.6) is 0 Å². The summed E-state index contributed by atoms with van der Waals surface area (Å²) < 4.78 is 5.21. The van der Waals surface area contributed by atoms with Crippen molar-refractivity contribution in [1.82, 2.24) is 5.48 Å². The molecule has 0 aromatic carbocycles. The van der Waals surface area contributed by atoms with E-state index in [-0.39, 0.29) is 6.10 Å². The van der Waals surface area contributed by atoms with Crippen molar-refractivity contribution in [2.45, 2.75) is 31.5 Å². The van der Waals surface area contributed by atoms with Crippen LogP contribution in [0.15, 0.2) is 0 Å². The first-order valence-corrected chi connectivity index (χ1v) is 3.73. The molecule has 2 atom stereocenters. The highest BCUT2D eigenvalue weighted by Gasteiger charge is 2.27. The van der Waals surface area contributed by atoms with Gasteiger partial charge in [0.1, 0.15) is 6.10 Å². The largest absolute Gasteiger partial charge is 0.379 e. The third-order valence-electron chi connectivity index (χ3n) is 1.96. The molecule has 0 bridgehead atoms. The standard InChI is InChI=1S/C7H15NO2/c1-8-10-7-5-3-4-6(7)9-2/h6-8H,3-5H2,1-2H3/t6-,7-/m1/s1. The van der Waals surface area contributed by atoms with Crippen molar-refractivity contribution in [1.29, 1.82) is 0 Å². The molecule has 0 heterocycles. The molecule has 1 N–H and O–H groups in total. The molecule has 1 aliphatic rings. The molecule has 1 saturated carbocycles. The van der Waals surface area contributed by atoms with E-state index in [9.17, 15) is 0 Å². The van der Waals surface area contributed by atoms with Gasteiger partial charge in [0.05, 0.1) is 6.10 Å². The van der Waals surface area contributed by atoms with Gasteiger partial charge in [0.15, 0.2) is 0 Å². The number of hydrogen-bond acceptors (Lipinski definition) is 3. The van der Waals surface area contributed by atoms with Crippen molar-refractivity contribution in [2.24, 2.45) is 0 Å². The Bertz CT molecular complexity index is 97.6. The van der Waals surface area contributed by atoms with E-state index in [1.165, 1.54) is 6.42 Å². The Balaban J connectivity index is 2.27. The molecule has 3 nitrogen and oxygen atoms in total. The van der Waals surface area contributed by atoms with Crippen LogP contribution in [0.25, 0.3) is 0 Å². The molecule has 0 amide bonds. The molecule has 0 aromatic rings. The second kappa shape index (κ2) is 3.91.